The van der Waals surface area contributed by atoms with Crippen molar-refractivity contribution in [3.63, 3.8) is 0 Å². The Morgan fingerprint density at radius 1 is 1.20 bits per heavy atom. The second-order valence-electron chi connectivity index (χ2n) is 5.85. The third-order valence-corrected chi connectivity index (χ3v) is 4.15. The van der Waals surface area contributed by atoms with Crippen LogP contribution in [0.3, 0.4) is 0 Å². The molecule has 0 aromatic carbocycles. The van der Waals surface area contributed by atoms with Crippen LogP contribution in [-0.2, 0) is 0 Å². The molecule has 3 nitrogen and oxygen atoms in total. The monoisotopic (exact) mass is 277 g/mol. The lowest BCUT2D eigenvalue weighted by molar-refractivity contribution is 0.0906. The number of hydrogen-bond donors (Lipinski definition) is 1. The Hall–Kier alpha value is -1.09. The van der Waals surface area contributed by atoms with E-state index in [0.29, 0.717) is 12.5 Å². The first-order chi connectivity index (χ1) is 9.81. The molecule has 0 saturated heterocycles. The summed E-state index contributed by atoms with van der Waals surface area (Å²) in [7, 11) is 0. The van der Waals surface area contributed by atoms with Gasteiger partial charge in [-0.25, -0.2) is 0 Å². The highest BCUT2D eigenvalue weighted by molar-refractivity contribution is 5.25. The van der Waals surface area contributed by atoms with Gasteiger partial charge < -0.3 is 9.84 Å². The molecule has 1 aliphatic rings. The maximum Gasteiger partial charge on any atom is 0.137 e. The van der Waals surface area contributed by atoms with Gasteiger partial charge in [0.25, 0.3) is 0 Å². The van der Waals surface area contributed by atoms with Gasteiger partial charge in [-0.2, -0.15) is 0 Å². The summed E-state index contributed by atoms with van der Waals surface area (Å²) >= 11 is 0. The van der Waals surface area contributed by atoms with Crippen molar-refractivity contribution in [3.8, 4) is 5.75 Å². The molecule has 1 saturated carbocycles. The topological polar surface area (TPSA) is 42.4 Å². The Labute approximate surface area is 122 Å². The van der Waals surface area contributed by atoms with Gasteiger partial charge in [-0.3, -0.25) is 4.98 Å². The molecule has 1 fully saturated rings. The smallest absolute Gasteiger partial charge is 0.137 e. The van der Waals surface area contributed by atoms with Crippen molar-refractivity contribution >= 4 is 0 Å². The summed E-state index contributed by atoms with van der Waals surface area (Å²) < 4.78 is 5.60. The molecule has 1 heterocycles. The zero-order valence-corrected chi connectivity index (χ0v) is 12.6. The van der Waals surface area contributed by atoms with Crippen LogP contribution in [0, 0.1) is 5.92 Å². The molecule has 2 rings (SSSR count). The number of ether oxygens (including phenoxy) is 1. The average molecular weight is 277 g/mol. The molecule has 0 radical (unpaired) electrons. The molecule has 0 spiro atoms. The second-order valence-corrected chi connectivity index (χ2v) is 5.85. The summed E-state index contributed by atoms with van der Waals surface area (Å²) in [6.07, 6.45) is 12.8. The first kappa shape index (κ1) is 15.3. The molecule has 20 heavy (non-hydrogen) atoms. The second kappa shape index (κ2) is 8.25. The summed E-state index contributed by atoms with van der Waals surface area (Å²) in [5.41, 5.74) is 0.907. The van der Waals surface area contributed by atoms with Crippen LogP contribution in [0.15, 0.2) is 18.5 Å². The summed E-state index contributed by atoms with van der Waals surface area (Å²) in [4.78, 5) is 4.21. The molecule has 0 amide bonds. The van der Waals surface area contributed by atoms with Crippen molar-refractivity contribution in [1.29, 1.82) is 0 Å². The Bertz CT molecular complexity index is 386. The van der Waals surface area contributed by atoms with E-state index >= 15 is 0 Å². The molecule has 3 heteroatoms. The lowest BCUT2D eigenvalue weighted by Crippen LogP contribution is -2.14. The van der Waals surface area contributed by atoms with Crippen molar-refractivity contribution in [1.82, 2.24) is 4.98 Å². The third-order valence-electron chi connectivity index (χ3n) is 4.15. The number of aliphatic hydroxyl groups excluding tert-OH is 1. The molecule has 1 unspecified atom stereocenters. The van der Waals surface area contributed by atoms with Gasteiger partial charge in [-0.05, 0) is 31.2 Å². The van der Waals surface area contributed by atoms with E-state index in [1.54, 1.807) is 12.4 Å². The Kier molecular flexibility index (Phi) is 6.31. The molecular formula is C17H27NO2. The quantitative estimate of drug-likeness (QED) is 0.874. The van der Waals surface area contributed by atoms with Crippen LogP contribution < -0.4 is 4.74 Å². The fourth-order valence-electron chi connectivity index (χ4n) is 2.97. The van der Waals surface area contributed by atoms with Gasteiger partial charge in [0.05, 0.1) is 18.9 Å². The number of aliphatic hydroxyl groups is 1. The van der Waals surface area contributed by atoms with Crippen LogP contribution in [0.4, 0.5) is 0 Å². The maximum absolute atomic E-state index is 10.6. The lowest BCUT2D eigenvalue weighted by Gasteiger charge is -2.25. The van der Waals surface area contributed by atoms with Gasteiger partial charge in [0.15, 0.2) is 0 Å². The summed E-state index contributed by atoms with van der Waals surface area (Å²) in [6, 6.07) is 1.95. The Balaban J connectivity index is 2.00. The highest BCUT2D eigenvalue weighted by atomic mass is 16.5. The van der Waals surface area contributed by atoms with E-state index in [1.165, 1.54) is 32.1 Å². The molecule has 112 valence electrons. The lowest BCUT2D eigenvalue weighted by atomic mass is 9.85. The Morgan fingerprint density at radius 3 is 2.60 bits per heavy atom. The van der Waals surface area contributed by atoms with Crippen molar-refractivity contribution < 1.29 is 9.84 Å². The van der Waals surface area contributed by atoms with Crippen LogP contribution in [0.5, 0.6) is 5.75 Å². The van der Waals surface area contributed by atoms with Gasteiger partial charge in [-0.1, -0.05) is 39.0 Å². The van der Waals surface area contributed by atoms with E-state index in [9.17, 15) is 5.11 Å². The highest BCUT2D eigenvalue weighted by Gasteiger charge is 2.22. The molecule has 1 aliphatic carbocycles. The minimum atomic E-state index is -0.397. The van der Waals surface area contributed by atoms with Crippen LogP contribution in [0.1, 0.15) is 70.0 Å². The molecular weight excluding hydrogens is 250 g/mol. The number of nitrogens with zero attached hydrogens (tertiary/aromatic N) is 1. The number of hydrogen-bond acceptors (Lipinski definition) is 3. The zero-order chi connectivity index (χ0) is 14.2. The Morgan fingerprint density at radius 2 is 1.90 bits per heavy atom. The highest BCUT2D eigenvalue weighted by Crippen LogP contribution is 2.33. The predicted octanol–water partition coefficient (Wildman–Crippen LogP) is 4.26. The standard InChI is InChI=1S/C17H27NO2/c1-2-10-20-16-11-15(12-18-13-16)17(19)14-8-6-4-3-5-7-9-14/h11-14,17,19H,2-10H2,1H3. The van der Waals surface area contributed by atoms with Crippen LogP contribution in [-0.4, -0.2) is 16.7 Å². The minimum Gasteiger partial charge on any atom is -0.492 e. The van der Waals surface area contributed by atoms with E-state index in [-0.39, 0.29) is 0 Å². The molecule has 0 aliphatic heterocycles. The number of pyridine rings is 1. The average Bonchev–Trinajstić information content (AvgIpc) is 2.44. The van der Waals surface area contributed by atoms with Crippen LogP contribution >= 0.6 is 0 Å². The van der Waals surface area contributed by atoms with E-state index < -0.39 is 6.10 Å². The summed E-state index contributed by atoms with van der Waals surface area (Å²) in [5, 5.41) is 10.6. The normalized spacial score (nSPS) is 19.1. The number of aromatic nitrogens is 1. The molecule has 1 N–H and O–H groups in total. The van der Waals surface area contributed by atoms with E-state index in [1.807, 2.05) is 6.07 Å². The summed E-state index contributed by atoms with van der Waals surface area (Å²) in [6.45, 7) is 2.78. The fraction of sp³-hybridized carbons (Fsp3) is 0.706. The minimum absolute atomic E-state index is 0.374. The van der Waals surface area contributed by atoms with Gasteiger partial charge in [-0.15, -0.1) is 0 Å². The van der Waals surface area contributed by atoms with Crippen LogP contribution in [0.25, 0.3) is 0 Å². The largest absolute Gasteiger partial charge is 0.492 e. The van der Waals surface area contributed by atoms with Crippen molar-refractivity contribution in [2.24, 2.45) is 5.92 Å². The molecule has 1 atom stereocenters. The van der Waals surface area contributed by atoms with Crippen molar-refractivity contribution in [2.75, 3.05) is 6.61 Å². The van der Waals surface area contributed by atoms with E-state index in [4.69, 9.17) is 4.74 Å². The first-order valence-electron chi connectivity index (χ1n) is 8.07. The zero-order valence-electron chi connectivity index (χ0n) is 12.6. The molecule has 1 aromatic rings. The first-order valence-corrected chi connectivity index (χ1v) is 8.07. The molecule has 1 aromatic heterocycles. The van der Waals surface area contributed by atoms with Gasteiger partial charge in [0, 0.05) is 11.8 Å². The van der Waals surface area contributed by atoms with Gasteiger partial charge in [0.2, 0.25) is 0 Å². The number of rotatable bonds is 5. The van der Waals surface area contributed by atoms with E-state index in [0.717, 1.165) is 30.6 Å². The predicted molar refractivity (Wildman–Crippen MR) is 80.8 cm³/mol. The van der Waals surface area contributed by atoms with Crippen molar-refractivity contribution in [3.05, 3.63) is 24.0 Å². The SMILES string of the molecule is CCCOc1cncc(C(O)C2CCCCCCC2)c1. The fourth-order valence-corrected chi connectivity index (χ4v) is 2.97. The molecule has 0 bridgehead atoms. The van der Waals surface area contributed by atoms with E-state index in [2.05, 4.69) is 11.9 Å². The van der Waals surface area contributed by atoms with Crippen molar-refractivity contribution in [2.45, 2.75) is 64.4 Å². The van der Waals surface area contributed by atoms with Crippen LogP contribution in [0.2, 0.25) is 0 Å². The maximum atomic E-state index is 10.6. The van der Waals surface area contributed by atoms with Gasteiger partial charge in [0.1, 0.15) is 5.75 Å². The third kappa shape index (κ3) is 4.48. The summed E-state index contributed by atoms with van der Waals surface area (Å²) in [5.74, 6) is 1.15. The van der Waals surface area contributed by atoms with Gasteiger partial charge >= 0.3 is 0 Å².